The minimum atomic E-state index is -1.25. The zero-order valence-electron chi connectivity index (χ0n) is 3.90. The third-order valence-electron chi connectivity index (χ3n) is 0.267. The van der Waals surface area contributed by atoms with Gasteiger partial charge in [0.25, 0.3) is 0 Å². The van der Waals surface area contributed by atoms with Crippen molar-refractivity contribution in [1.29, 1.82) is 0 Å². The Balaban J connectivity index is 3.17. The minimum absolute atomic E-state index is 0.243. The van der Waals surface area contributed by atoms with Crippen LogP contribution in [0.25, 0.3) is 0 Å². The monoisotopic (exact) mass is 89.1 g/mol. The zero-order chi connectivity index (χ0) is 5.21. The lowest BCUT2D eigenvalue weighted by Crippen LogP contribution is -2.23. The molecule has 0 fully saturated rings. The fourth-order valence-corrected chi connectivity index (χ4v) is 0. The third-order valence-corrected chi connectivity index (χ3v) is 0.267. The maximum absolute atomic E-state index is 11.1. The Labute approximate surface area is 37.5 Å². The lowest BCUT2D eigenvalue weighted by Gasteiger charge is -2.06. The Bertz CT molecular complexity index is 40.5. The highest BCUT2D eigenvalue weighted by Gasteiger charge is 2.13. The summed E-state index contributed by atoms with van der Waals surface area (Å²) in [6.07, 6.45) is 0. The van der Waals surface area contributed by atoms with Crippen molar-refractivity contribution in [3.8, 4) is 0 Å². The second-order valence-corrected chi connectivity index (χ2v) is 1.76. The fraction of sp³-hybridized carbons (Fsp3) is 1.00. The molecule has 3 heteroatoms. The van der Waals surface area contributed by atoms with Crippen LogP contribution in [0.3, 0.4) is 0 Å². The van der Waals surface area contributed by atoms with Crippen molar-refractivity contribution in [2.75, 3.05) is 0 Å². The van der Waals surface area contributed by atoms with E-state index in [1.165, 1.54) is 13.8 Å². The van der Waals surface area contributed by atoms with Crippen molar-refractivity contribution < 1.29 is 9.42 Å². The normalized spacial score (nSPS) is 11.3. The van der Waals surface area contributed by atoms with Crippen LogP contribution < -0.4 is 0 Å². The number of hydrogen-bond acceptors (Lipinski definition) is 1. The van der Waals surface area contributed by atoms with Crippen molar-refractivity contribution in [2.24, 2.45) is 0 Å². The van der Waals surface area contributed by atoms with Gasteiger partial charge in [0.1, 0.15) is 0 Å². The molecule has 0 atom stereocenters. The molecule has 1 nitrogen and oxygen atoms in total. The van der Waals surface area contributed by atoms with E-state index in [-0.39, 0.29) is 7.56 Å². The quantitative estimate of drug-likeness (QED) is 0.458. The highest BCUT2D eigenvalue weighted by molar-refractivity contribution is 6.30. The van der Waals surface area contributed by atoms with Gasteiger partial charge in [-0.2, -0.15) is 0 Å². The lowest BCUT2D eigenvalue weighted by atomic mass is 9.82. The van der Waals surface area contributed by atoms with Crippen LogP contribution >= 0.6 is 0 Å². The number of aliphatic hydroxyl groups is 1. The second-order valence-electron chi connectivity index (χ2n) is 1.76. The maximum atomic E-state index is 11.1. The fourth-order valence-electron chi connectivity index (χ4n) is 0. The summed E-state index contributed by atoms with van der Waals surface area (Å²) >= 11 is 0. The summed E-state index contributed by atoms with van der Waals surface area (Å²) in [7, 11) is 0.243. The average Bonchev–Trinajstić information content (AvgIpc) is 1.35. The second kappa shape index (κ2) is 1.60. The van der Waals surface area contributed by atoms with Crippen molar-refractivity contribution in [3.05, 3.63) is 0 Å². The molecule has 35 valence electrons. The van der Waals surface area contributed by atoms with E-state index in [1.807, 2.05) is 0 Å². The first-order valence-electron chi connectivity index (χ1n) is 1.73. The van der Waals surface area contributed by atoms with Crippen molar-refractivity contribution in [3.63, 3.8) is 0 Å². The van der Waals surface area contributed by atoms with Crippen molar-refractivity contribution in [1.82, 2.24) is 0 Å². The van der Waals surface area contributed by atoms with Gasteiger partial charge in [0.05, 0.1) is 5.50 Å². The first kappa shape index (κ1) is 5.95. The Kier molecular flexibility index (Phi) is 1.59. The molecule has 0 aliphatic heterocycles. The van der Waals surface area contributed by atoms with Crippen LogP contribution in [0.1, 0.15) is 13.8 Å². The van der Waals surface area contributed by atoms with E-state index < -0.39 is 5.50 Å². The molecule has 0 amide bonds. The highest BCUT2D eigenvalue weighted by Crippen LogP contribution is 1.95. The molecule has 0 saturated carbocycles. The van der Waals surface area contributed by atoms with E-state index in [0.717, 1.165) is 0 Å². The molecule has 0 aromatic rings. The van der Waals surface area contributed by atoms with E-state index in [9.17, 15) is 4.32 Å². The van der Waals surface area contributed by atoms with Crippen LogP contribution in [-0.2, 0) is 0 Å². The van der Waals surface area contributed by atoms with Crippen LogP contribution in [0, 0.1) is 0 Å². The molecule has 0 aromatic carbocycles. The third kappa shape index (κ3) is 3.95. The molecule has 6 heavy (non-hydrogen) atoms. The molecule has 0 aliphatic rings. The lowest BCUT2D eigenvalue weighted by molar-refractivity contribution is 0.158. The van der Waals surface area contributed by atoms with Gasteiger partial charge in [0.2, 0.25) is 0 Å². The first-order chi connectivity index (χ1) is 2.56. The molecule has 0 heterocycles. The van der Waals surface area contributed by atoms with E-state index >= 15 is 0 Å². The summed E-state index contributed by atoms with van der Waals surface area (Å²) < 4.78 is 11.1. The summed E-state index contributed by atoms with van der Waals surface area (Å²) in [5, 5.41) is 8.40. The van der Waals surface area contributed by atoms with E-state index in [1.54, 1.807) is 0 Å². The van der Waals surface area contributed by atoms with Crippen molar-refractivity contribution >= 4 is 7.56 Å². The topological polar surface area (TPSA) is 20.2 Å². The van der Waals surface area contributed by atoms with E-state index in [0.29, 0.717) is 0 Å². The molecular formula is C3H7BFO. The maximum Gasteiger partial charge on any atom is 0.388 e. The molecule has 0 unspecified atom stereocenters. The molecule has 1 radical (unpaired) electrons. The molecular weight excluding hydrogens is 81.8 g/mol. The van der Waals surface area contributed by atoms with Crippen LogP contribution in [0.5, 0.6) is 0 Å². The molecule has 0 bridgehead atoms. The summed E-state index contributed by atoms with van der Waals surface area (Å²) in [6, 6.07) is 0. The Morgan fingerprint density at radius 1 is 1.67 bits per heavy atom. The number of hydrogen-bond donors (Lipinski definition) is 1. The van der Waals surface area contributed by atoms with Gasteiger partial charge in [0, 0.05) is 0 Å². The highest BCUT2D eigenvalue weighted by atomic mass is 19.1. The van der Waals surface area contributed by atoms with Crippen LogP contribution in [0.15, 0.2) is 0 Å². The average molecular weight is 88.9 g/mol. The number of rotatable bonds is 1. The van der Waals surface area contributed by atoms with Crippen LogP contribution in [0.4, 0.5) is 4.32 Å². The SMILES string of the molecule is CC(C)(O)[B]F. The summed E-state index contributed by atoms with van der Waals surface area (Å²) in [5.74, 6) is 0. The van der Waals surface area contributed by atoms with Gasteiger partial charge in [-0.05, 0) is 13.8 Å². The molecule has 0 rings (SSSR count). The molecule has 0 saturated heterocycles. The van der Waals surface area contributed by atoms with Gasteiger partial charge in [-0.25, -0.2) is 0 Å². The molecule has 0 aromatic heterocycles. The summed E-state index contributed by atoms with van der Waals surface area (Å²) in [6.45, 7) is 2.74. The van der Waals surface area contributed by atoms with Gasteiger partial charge < -0.3 is 9.42 Å². The minimum Gasteiger partial charge on any atom is -0.396 e. The van der Waals surface area contributed by atoms with Gasteiger partial charge in [-0.3, -0.25) is 0 Å². The van der Waals surface area contributed by atoms with E-state index in [2.05, 4.69) is 0 Å². The predicted octanol–water partition coefficient (Wildman–Crippen LogP) is 0.304. The predicted molar refractivity (Wildman–Crippen MR) is 23.2 cm³/mol. The largest absolute Gasteiger partial charge is 0.396 e. The van der Waals surface area contributed by atoms with Gasteiger partial charge in [0.15, 0.2) is 0 Å². The van der Waals surface area contributed by atoms with Gasteiger partial charge in [-0.15, -0.1) is 0 Å². The summed E-state index contributed by atoms with van der Waals surface area (Å²) in [4.78, 5) is 0. The smallest absolute Gasteiger partial charge is 0.388 e. The molecule has 0 spiro atoms. The standard InChI is InChI=1S/C3H7BFO/c1-3(2,6)4-5/h6H,1-2H3. The zero-order valence-corrected chi connectivity index (χ0v) is 3.90. The van der Waals surface area contributed by atoms with Crippen LogP contribution in [-0.4, -0.2) is 18.2 Å². The van der Waals surface area contributed by atoms with Gasteiger partial charge in [-0.1, -0.05) is 0 Å². The van der Waals surface area contributed by atoms with Crippen molar-refractivity contribution in [2.45, 2.75) is 19.3 Å². The first-order valence-corrected chi connectivity index (χ1v) is 1.73. The Morgan fingerprint density at radius 2 is 1.83 bits per heavy atom. The molecule has 0 aliphatic carbocycles. The summed E-state index contributed by atoms with van der Waals surface area (Å²) in [5.41, 5.74) is -1.25. The molecule has 1 N–H and O–H groups in total. The number of halogens is 1. The Hall–Kier alpha value is -0.0451. The Morgan fingerprint density at radius 3 is 1.83 bits per heavy atom. The van der Waals surface area contributed by atoms with Crippen LogP contribution in [0.2, 0.25) is 0 Å². The van der Waals surface area contributed by atoms with Gasteiger partial charge >= 0.3 is 7.56 Å². The van der Waals surface area contributed by atoms with E-state index in [4.69, 9.17) is 5.11 Å².